The summed E-state index contributed by atoms with van der Waals surface area (Å²) in [7, 11) is 0. The van der Waals surface area contributed by atoms with Crippen molar-refractivity contribution in [2.75, 3.05) is 11.5 Å². The smallest absolute Gasteiger partial charge is 0.136 e. The number of nitrogens with zero attached hydrogens (tertiary/aromatic N) is 2. The number of halogens is 2. The number of unbranched alkanes of at least 4 members (excludes halogenated alkanes) is 2. The third-order valence-electron chi connectivity index (χ3n) is 3.36. The number of fused-ring (bicyclic) bond motifs is 1. The minimum atomic E-state index is 0.438. The van der Waals surface area contributed by atoms with E-state index in [4.69, 9.17) is 23.2 Å². The Balaban J connectivity index is 1.75. The van der Waals surface area contributed by atoms with Gasteiger partial charge in [-0.2, -0.15) is 0 Å². The summed E-state index contributed by atoms with van der Waals surface area (Å²) in [5.41, 5.74) is 0. The minimum absolute atomic E-state index is 0.438. The average molecular weight is 502 g/mol. The Labute approximate surface area is 190 Å². The van der Waals surface area contributed by atoms with Crippen LogP contribution in [-0.4, -0.2) is 21.7 Å². The maximum absolute atomic E-state index is 6.22. The standard InChI is InChI=1S/C16H18Cl2N2S6/c1-3-5-7-21-13-14(22-8-6-4-2)26-16(25-13)15-23-9-10(24-15)12(18)20-19-11(9)17/h3-8H2,1-2H3. The summed E-state index contributed by atoms with van der Waals surface area (Å²) in [6.07, 6.45) is 5.00. The van der Waals surface area contributed by atoms with E-state index in [0.717, 1.165) is 9.79 Å². The fourth-order valence-corrected chi connectivity index (χ4v) is 11.5. The summed E-state index contributed by atoms with van der Waals surface area (Å²) < 4.78 is 5.49. The average Bonchev–Trinajstić information content (AvgIpc) is 3.24. The quantitative estimate of drug-likeness (QED) is 0.326. The zero-order valence-corrected chi connectivity index (χ0v) is 20.8. The lowest BCUT2D eigenvalue weighted by atomic mass is 10.4. The molecule has 0 amide bonds. The van der Waals surface area contributed by atoms with Gasteiger partial charge in [0, 0.05) is 0 Å². The molecule has 3 rings (SSSR count). The second-order valence-electron chi connectivity index (χ2n) is 5.40. The molecule has 0 bridgehead atoms. The Morgan fingerprint density at radius 2 is 1.15 bits per heavy atom. The van der Waals surface area contributed by atoms with Crippen molar-refractivity contribution in [3.63, 3.8) is 0 Å². The topological polar surface area (TPSA) is 25.8 Å². The van der Waals surface area contributed by atoms with Gasteiger partial charge in [-0.05, 0) is 24.3 Å². The highest BCUT2D eigenvalue weighted by Gasteiger charge is 2.32. The monoisotopic (exact) mass is 500 g/mol. The van der Waals surface area contributed by atoms with Crippen molar-refractivity contribution in [1.82, 2.24) is 10.2 Å². The summed E-state index contributed by atoms with van der Waals surface area (Å²) in [6.45, 7) is 4.49. The Kier molecular flexibility index (Phi) is 9.16. The molecule has 0 N–H and O–H groups in total. The zero-order valence-electron chi connectivity index (χ0n) is 14.3. The molecule has 2 nitrogen and oxygen atoms in total. The largest absolute Gasteiger partial charge is 0.166 e. The SMILES string of the molecule is CCCCSC1=C(SCCCC)SC(=C2Sc3c(Cl)nnc(Cl)c3S2)S1. The maximum Gasteiger partial charge on any atom is 0.166 e. The van der Waals surface area contributed by atoms with E-state index < -0.39 is 0 Å². The predicted molar refractivity (Wildman–Crippen MR) is 128 cm³/mol. The van der Waals surface area contributed by atoms with Crippen LogP contribution >= 0.6 is 93.8 Å². The van der Waals surface area contributed by atoms with Crippen molar-refractivity contribution < 1.29 is 0 Å². The molecular weight excluding hydrogens is 483 g/mol. The van der Waals surface area contributed by atoms with Gasteiger partial charge in [-0.15, -0.1) is 33.7 Å². The molecule has 142 valence electrons. The van der Waals surface area contributed by atoms with Crippen LogP contribution in [0.3, 0.4) is 0 Å². The van der Waals surface area contributed by atoms with Gasteiger partial charge >= 0.3 is 0 Å². The molecule has 0 fully saturated rings. The second-order valence-corrected chi connectivity index (χ2v) is 13.4. The summed E-state index contributed by atoms with van der Waals surface area (Å²) in [6, 6.07) is 0. The van der Waals surface area contributed by atoms with Crippen LogP contribution in [0.15, 0.2) is 26.7 Å². The van der Waals surface area contributed by atoms with E-state index in [1.807, 2.05) is 47.0 Å². The van der Waals surface area contributed by atoms with Crippen LogP contribution in [0.5, 0.6) is 0 Å². The van der Waals surface area contributed by atoms with E-state index in [1.54, 1.807) is 23.5 Å². The van der Waals surface area contributed by atoms with Crippen molar-refractivity contribution >= 4 is 93.8 Å². The molecule has 0 aliphatic carbocycles. The van der Waals surface area contributed by atoms with Gasteiger partial charge in [-0.3, -0.25) is 0 Å². The first-order valence-electron chi connectivity index (χ1n) is 8.31. The van der Waals surface area contributed by atoms with Gasteiger partial charge in [-0.25, -0.2) is 0 Å². The predicted octanol–water partition coefficient (Wildman–Crippen LogP) is 8.78. The van der Waals surface area contributed by atoms with Crippen molar-refractivity contribution in [2.45, 2.75) is 49.3 Å². The van der Waals surface area contributed by atoms with Crippen LogP contribution < -0.4 is 0 Å². The third-order valence-corrected chi connectivity index (χ3v) is 12.9. The van der Waals surface area contributed by atoms with Crippen LogP contribution in [0.25, 0.3) is 0 Å². The molecular formula is C16H18Cl2N2S6. The van der Waals surface area contributed by atoms with Gasteiger partial charge in [0.1, 0.15) is 0 Å². The molecule has 0 atom stereocenters. The first-order valence-corrected chi connectivity index (χ1v) is 14.3. The lowest BCUT2D eigenvalue weighted by Crippen LogP contribution is -1.86. The van der Waals surface area contributed by atoms with Gasteiger partial charge in [0.15, 0.2) is 10.3 Å². The van der Waals surface area contributed by atoms with Crippen LogP contribution in [-0.2, 0) is 0 Å². The van der Waals surface area contributed by atoms with Crippen LogP contribution in [0, 0.1) is 0 Å². The maximum atomic E-state index is 6.22. The van der Waals surface area contributed by atoms with Crippen LogP contribution in [0.2, 0.25) is 10.3 Å². The van der Waals surface area contributed by atoms with Crippen molar-refractivity contribution in [1.29, 1.82) is 0 Å². The lowest BCUT2D eigenvalue weighted by Gasteiger charge is -2.03. The lowest BCUT2D eigenvalue weighted by molar-refractivity contribution is 0.897. The van der Waals surface area contributed by atoms with E-state index in [-0.39, 0.29) is 0 Å². The van der Waals surface area contributed by atoms with Gasteiger partial charge in [-0.1, -0.05) is 96.9 Å². The Morgan fingerprint density at radius 1 is 0.731 bits per heavy atom. The van der Waals surface area contributed by atoms with E-state index in [9.17, 15) is 0 Å². The fourth-order valence-electron chi connectivity index (χ4n) is 1.98. The molecule has 0 saturated carbocycles. The van der Waals surface area contributed by atoms with Gasteiger partial charge in [0.2, 0.25) is 0 Å². The third kappa shape index (κ3) is 5.43. The molecule has 1 aromatic heterocycles. The van der Waals surface area contributed by atoms with Gasteiger partial charge in [0.05, 0.1) is 26.7 Å². The molecule has 2 aliphatic heterocycles. The number of aromatic nitrogens is 2. The van der Waals surface area contributed by atoms with Crippen molar-refractivity contribution in [2.24, 2.45) is 0 Å². The highest BCUT2D eigenvalue weighted by Crippen LogP contribution is 2.65. The van der Waals surface area contributed by atoms with E-state index in [1.165, 1.54) is 54.1 Å². The molecule has 0 spiro atoms. The Morgan fingerprint density at radius 3 is 1.58 bits per heavy atom. The molecule has 26 heavy (non-hydrogen) atoms. The Hall–Kier alpha value is 1.24. The zero-order chi connectivity index (χ0) is 18.5. The van der Waals surface area contributed by atoms with Gasteiger partial charge in [0.25, 0.3) is 0 Å². The highest BCUT2D eigenvalue weighted by atomic mass is 35.5. The van der Waals surface area contributed by atoms with Gasteiger partial charge < -0.3 is 0 Å². The number of thioether (sulfide) groups is 6. The van der Waals surface area contributed by atoms with Crippen LogP contribution in [0.4, 0.5) is 0 Å². The summed E-state index contributed by atoms with van der Waals surface area (Å²) in [5, 5.41) is 8.75. The first-order chi connectivity index (χ1) is 12.6. The molecule has 1 aromatic rings. The highest BCUT2D eigenvalue weighted by molar-refractivity contribution is 8.42. The molecule has 0 saturated heterocycles. The molecule has 10 heteroatoms. The molecule has 3 heterocycles. The van der Waals surface area contributed by atoms with Crippen molar-refractivity contribution in [3.05, 3.63) is 27.3 Å². The molecule has 0 radical (unpaired) electrons. The minimum Gasteiger partial charge on any atom is -0.136 e. The fraction of sp³-hybridized carbons (Fsp3) is 0.500. The van der Waals surface area contributed by atoms with E-state index in [0.29, 0.717) is 10.3 Å². The van der Waals surface area contributed by atoms with Crippen LogP contribution in [0.1, 0.15) is 39.5 Å². The van der Waals surface area contributed by atoms with E-state index in [2.05, 4.69) is 24.0 Å². The van der Waals surface area contributed by atoms with E-state index >= 15 is 0 Å². The Bertz CT molecular complexity index is 681. The molecule has 0 aromatic carbocycles. The number of hydrogen-bond acceptors (Lipinski definition) is 8. The normalized spacial score (nSPS) is 16.8. The molecule has 0 unspecified atom stereocenters. The van der Waals surface area contributed by atoms with Crippen molar-refractivity contribution in [3.8, 4) is 0 Å². The first kappa shape index (κ1) is 21.9. The summed E-state index contributed by atoms with van der Waals surface area (Å²) in [4.78, 5) is 1.88. The summed E-state index contributed by atoms with van der Waals surface area (Å²) >= 11 is 23.6. The number of rotatable bonds is 8. The summed E-state index contributed by atoms with van der Waals surface area (Å²) in [5.74, 6) is 2.37. The number of hydrogen-bond donors (Lipinski definition) is 0. The second kappa shape index (κ2) is 10.9. The molecule has 2 aliphatic rings.